The molecule has 0 aliphatic rings. The number of hydrogen-bond donors (Lipinski definition) is 1. The summed E-state index contributed by atoms with van der Waals surface area (Å²) in [6.07, 6.45) is 1.04. The predicted octanol–water partition coefficient (Wildman–Crippen LogP) is 0.0214. The minimum atomic E-state index is -4.27. The maximum atomic E-state index is 10.4. The Kier molecular flexibility index (Phi) is 9.01. The van der Waals surface area contributed by atoms with Gasteiger partial charge in [0.15, 0.2) is 0 Å². The van der Waals surface area contributed by atoms with Crippen LogP contribution in [-0.4, -0.2) is 23.5 Å². The van der Waals surface area contributed by atoms with Gasteiger partial charge < -0.3 is 9.29 Å². The molecule has 5 nitrogen and oxygen atoms in total. The number of aryl methyl sites for hydroxylation is 2. The second kappa shape index (κ2) is 10.2. The van der Waals surface area contributed by atoms with Gasteiger partial charge in [0.2, 0.25) is 3.57 Å². The van der Waals surface area contributed by atoms with Crippen molar-refractivity contribution in [3.63, 3.8) is 0 Å². The molecule has 0 radical (unpaired) electrons. The highest BCUT2D eigenvalue weighted by molar-refractivity contribution is 7.85. The van der Waals surface area contributed by atoms with E-state index in [-0.39, 0.29) is 11.0 Å². The van der Waals surface area contributed by atoms with Crippen molar-refractivity contribution in [2.45, 2.75) is 38.2 Å². The Morgan fingerprint density at radius 1 is 1.20 bits per heavy atom. The number of ether oxygens (including phenoxy) is 1. The van der Waals surface area contributed by atoms with Crippen LogP contribution in [0.15, 0.2) is 47.4 Å². The van der Waals surface area contributed by atoms with Gasteiger partial charge in [-0.05, 0) is 32.4 Å². The molecule has 0 saturated carbocycles. The molecule has 0 bridgehead atoms. The topological polar surface area (TPSA) is 86.7 Å². The zero-order valence-electron chi connectivity index (χ0n) is 14.7. The van der Waals surface area contributed by atoms with Crippen LogP contribution in [0, 0.1) is 10.5 Å². The van der Waals surface area contributed by atoms with Gasteiger partial charge in [-0.25, -0.2) is 8.42 Å². The Bertz CT molecular complexity index is 773. The molecule has 0 amide bonds. The number of methoxy groups -OCH3 is 1. The summed E-state index contributed by atoms with van der Waals surface area (Å²) < 4.78 is 47.0. The van der Waals surface area contributed by atoms with E-state index in [0.29, 0.717) is 0 Å². The smallest absolute Gasteiger partial charge is 0.519 e. The van der Waals surface area contributed by atoms with Crippen molar-refractivity contribution in [2.75, 3.05) is 7.11 Å². The first-order chi connectivity index (χ1) is 11.7. The Hall–Kier alpha value is -1.00. The maximum Gasteiger partial charge on any atom is 0.519 e. The van der Waals surface area contributed by atoms with Gasteiger partial charge in [0.1, 0.15) is 10.1 Å². The van der Waals surface area contributed by atoms with Gasteiger partial charge in [-0.2, -0.15) is 3.44 Å². The van der Waals surface area contributed by atoms with E-state index in [2.05, 4.69) is 13.0 Å². The normalized spacial score (nSPS) is 12.2. The summed E-state index contributed by atoms with van der Waals surface area (Å²) >= 11 is -0.860. The van der Waals surface area contributed by atoms with Crippen LogP contribution in [0.5, 0.6) is 0 Å². The van der Waals surface area contributed by atoms with Gasteiger partial charge in [0, 0.05) is 18.2 Å². The summed E-state index contributed by atoms with van der Waals surface area (Å²) in [5, 5.41) is 0. The number of benzene rings is 2. The van der Waals surface area contributed by atoms with Gasteiger partial charge in [0.25, 0.3) is 0 Å². The molecule has 0 unspecified atom stereocenters. The van der Waals surface area contributed by atoms with Crippen molar-refractivity contribution in [1.29, 1.82) is 0 Å². The van der Waals surface area contributed by atoms with Crippen molar-refractivity contribution < 1.29 is 42.8 Å². The first-order valence-electron chi connectivity index (χ1n) is 7.70. The van der Waals surface area contributed by atoms with Gasteiger partial charge in [-0.15, -0.1) is 0 Å². The molecular weight excluding hydrogens is 455 g/mol. The van der Waals surface area contributed by atoms with E-state index in [4.69, 9.17) is 4.74 Å². The monoisotopic (exact) mass is 478 g/mol. The van der Waals surface area contributed by atoms with E-state index in [0.717, 1.165) is 21.1 Å². The second-order valence-electron chi connectivity index (χ2n) is 5.40. The molecule has 25 heavy (non-hydrogen) atoms. The number of hydrogen-bond acceptors (Lipinski definition) is 5. The molecule has 1 N–H and O–H groups in total. The molecule has 0 heterocycles. The van der Waals surface area contributed by atoms with Crippen molar-refractivity contribution in [1.82, 2.24) is 0 Å². The predicted molar refractivity (Wildman–Crippen MR) is 91.3 cm³/mol. The minimum Gasteiger partial charge on any atom is -0.744 e. The third-order valence-corrected chi connectivity index (χ3v) is 6.32. The Morgan fingerprint density at radius 2 is 1.80 bits per heavy atom. The maximum absolute atomic E-state index is 10.4. The third kappa shape index (κ3) is 6.67. The molecule has 7 heteroatoms. The van der Waals surface area contributed by atoms with Crippen molar-refractivity contribution in [3.05, 3.63) is 62.7 Å². The van der Waals surface area contributed by atoms with Crippen LogP contribution in [0.2, 0.25) is 0 Å². The third-order valence-electron chi connectivity index (χ3n) is 3.68. The highest BCUT2D eigenvalue weighted by Gasteiger charge is 2.23. The van der Waals surface area contributed by atoms with Crippen LogP contribution in [0.1, 0.15) is 36.6 Å². The van der Waals surface area contributed by atoms with Crippen molar-refractivity contribution >= 4 is 10.1 Å². The Balaban J connectivity index is 0.000000257. The van der Waals surface area contributed by atoms with E-state index >= 15 is 0 Å². The zero-order valence-corrected chi connectivity index (χ0v) is 17.7. The SMILES string of the molecule is CCc1cccc([C@H](C)OC)c1[I+]O.Cc1ccc(S(=O)(=O)[O-])cc1. The highest BCUT2D eigenvalue weighted by Crippen LogP contribution is 2.17. The molecule has 1 atom stereocenters. The lowest BCUT2D eigenvalue weighted by Gasteiger charge is -2.10. The van der Waals surface area contributed by atoms with Crippen LogP contribution in [-0.2, 0) is 21.3 Å². The second-order valence-corrected chi connectivity index (χ2v) is 8.34. The summed E-state index contributed by atoms with van der Waals surface area (Å²) in [5.41, 5.74) is 3.32. The molecule has 2 aromatic rings. The first-order valence-corrected chi connectivity index (χ1v) is 11.2. The average molecular weight is 478 g/mol. The highest BCUT2D eigenvalue weighted by atomic mass is 127. The van der Waals surface area contributed by atoms with Crippen molar-refractivity contribution in [2.24, 2.45) is 0 Å². The van der Waals surface area contributed by atoms with Gasteiger partial charge in [-0.1, -0.05) is 42.8 Å². The standard InChI is InChI=1S/C11H16IO2.C7H8O3S/c1-4-9-6-5-7-10(8(2)14-3)11(9)12-13;1-6-2-4-7(5-3-6)11(8,9)10/h5-8,13H,4H2,1-3H3;2-5H,1H3,(H,8,9,10)/q+1;/p-1/t8-;/m0./s1. The largest absolute Gasteiger partial charge is 0.744 e. The van der Waals surface area contributed by atoms with Crippen molar-refractivity contribution in [3.8, 4) is 0 Å². The van der Waals surface area contributed by atoms with Crippen LogP contribution >= 0.6 is 0 Å². The van der Waals surface area contributed by atoms with Crippen LogP contribution < -0.4 is 21.6 Å². The van der Waals surface area contributed by atoms with Gasteiger partial charge in [-0.3, -0.25) is 0 Å². The van der Waals surface area contributed by atoms with E-state index in [1.54, 1.807) is 19.2 Å². The van der Waals surface area contributed by atoms with E-state index < -0.39 is 31.7 Å². The Morgan fingerprint density at radius 3 is 2.24 bits per heavy atom. The lowest BCUT2D eigenvalue weighted by molar-refractivity contribution is -0.867. The summed E-state index contributed by atoms with van der Waals surface area (Å²) in [5.74, 6) is 0. The molecule has 0 spiro atoms. The van der Waals surface area contributed by atoms with Crippen LogP contribution in [0.25, 0.3) is 0 Å². The average Bonchev–Trinajstić information content (AvgIpc) is 2.60. The van der Waals surface area contributed by atoms with Gasteiger partial charge in [0.05, 0.1) is 11.0 Å². The fourth-order valence-corrected chi connectivity index (χ4v) is 4.36. The molecule has 0 aromatic heterocycles. The molecular formula is C18H23IO5S. The summed E-state index contributed by atoms with van der Waals surface area (Å²) in [6.45, 7) is 5.94. The van der Waals surface area contributed by atoms with Crippen LogP contribution in [0.4, 0.5) is 0 Å². The Labute approximate surface area is 160 Å². The molecule has 0 fully saturated rings. The minimum absolute atomic E-state index is 0.0725. The fraction of sp³-hybridized carbons (Fsp3) is 0.333. The fourth-order valence-electron chi connectivity index (χ4n) is 2.12. The van der Waals surface area contributed by atoms with Crippen LogP contribution in [0.3, 0.4) is 0 Å². The quantitative estimate of drug-likeness (QED) is 0.484. The summed E-state index contributed by atoms with van der Waals surface area (Å²) in [6, 6.07) is 11.9. The molecule has 0 aliphatic heterocycles. The molecule has 0 aliphatic carbocycles. The summed E-state index contributed by atoms with van der Waals surface area (Å²) in [4.78, 5) is -0.178. The van der Waals surface area contributed by atoms with E-state index in [1.165, 1.54) is 17.7 Å². The summed E-state index contributed by atoms with van der Waals surface area (Å²) in [7, 11) is -2.57. The van der Waals surface area contributed by atoms with E-state index in [9.17, 15) is 16.4 Å². The molecule has 2 aromatic carbocycles. The lowest BCUT2D eigenvalue weighted by Crippen LogP contribution is -3.61. The molecule has 2 rings (SSSR count). The van der Waals surface area contributed by atoms with E-state index in [1.807, 2.05) is 26.0 Å². The molecule has 138 valence electrons. The first kappa shape index (κ1) is 22.0. The number of halogens is 1. The lowest BCUT2D eigenvalue weighted by atomic mass is 10.1. The van der Waals surface area contributed by atoms with Gasteiger partial charge >= 0.3 is 21.6 Å². The molecule has 0 saturated heterocycles. The number of rotatable bonds is 5. The zero-order chi connectivity index (χ0) is 19.0.